The number of amidine groups is 1. The van der Waals surface area contributed by atoms with Crippen LogP contribution < -0.4 is 5.32 Å². The van der Waals surface area contributed by atoms with Crippen molar-refractivity contribution in [3.05, 3.63) is 12.3 Å². The number of hydrogen-bond donors (Lipinski definition) is 1. The highest BCUT2D eigenvalue weighted by Gasteiger charge is 1.94. The minimum atomic E-state index is -0.163. The molecule has 0 radical (unpaired) electrons. The molecule has 0 aromatic carbocycles. The predicted molar refractivity (Wildman–Crippen MR) is 50.5 cm³/mol. The van der Waals surface area contributed by atoms with Crippen molar-refractivity contribution < 1.29 is 4.79 Å². The summed E-state index contributed by atoms with van der Waals surface area (Å²) in [6.07, 6.45) is 1.46. The highest BCUT2D eigenvalue weighted by Crippen LogP contribution is 1.85. The zero-order valence-corrected chi connectivity index (χ0v) is 7.59. The second-order valence-electron chi connectivity index (χ2n) is 2.28. The van der Waals surface area contributed by atoms with Crippen LogP contribution in [0.3, 0.4) is 0 Å². The van der Waals surface area contributed by atoms with Gasteiger partial charge in [-0.05, 0) is 6.92 Å². The third-order valence-electron chi connectivity index (χ3n) is 0.952. The van der Waals surface area contributed by atoms with Gasteiger partial charge in [0.1, 0.15) is 5.84 Å². The number of amides is 1. The number of carbonyl (C=O) groups excluding carboxylic acids is 1. The molecule has 4 nitrogen and oxygen atoms in total. The monoisotopic (exact) mass is 167 g/mol. The quantitative estimate of drug-likeness (QED) is 0.479. The third kappa shape index (κ3) is 5.34. The van der Waals surface area contributed by atoms with E-state index >= 15 is 0 Å². The van der Waals surface area contributed by atoms with Crippen molar-refractivity contribution in [1.29, 1.82) is 0 Å². The largest absolute Gasteiger partial charge is 0.310 e. The van der Waals surface area contributed by atoms with Gasteiger partial charge in [-0.3, -0.25) is 14.8 Å². The molecule has 0 aliphatic carbocycles. The van der Waals surface area contributed by atoms with Gasteiger partial charge in [0.25, 0.3) is 0 Å². The van der Waals surface area contributed by atoms with E-state index in [-0.39, 0.29) is 5.91 Å². The third-order valence-corrected chi connectivity index (χ3v) is 0.952. The van der Waals surface area contributed by atoms with Gasteiger partial charge in [-0.25, -0.2) is 0 Å². The molecule has 0 spiro atoms. The Morgan fingerprint density at radius 1 is 1.50 bits per heavy atom. The summed E-state index contributed by atoms with van der Waals surface area (Å²) in [6, 6.07) is 0. The van der Waals surface area contributed by atoms with Gasteiger partial charge in [-0.1, -0.05) is 6.58 Å². The molecule has 0 saturated carbocycles. The number of rotatable bonds is 2. The topological polar surface area (TPSA) is 53.8 Å². The van der Waals surface area contributed by atoms with Gasteiger partial charge in [0.15, 0.2) is 0 Å². The van der Waals surface area contributed by atoms with E-state index in [2.05, 4.69) is 21.9 Å². The Morgan fingerprint density at radius 2 is 2.08 bits per heavy atom. The molecule has 1 amide bonds. The van der Waals surface area contributed by atoms with Crippen LogP contribution in [-0.4, -0.2) is 25.0 Å². The van der Waals surface area contributed by atoms with Crippen molar-refractivity contribution >= 4 is 18.0 Å². The normalized spacial score (nSPS) is 11.8. The van der Waals surface area contributed by atoms with E-state index < -0.39 is 0 Å². The summed E-state index contributed by atoms with van der Waals surface area (Å²) >= 11 is 0. The molecule has 0 aromatic heterocycles. The van der Waals surface area contributed by atoms with Crippen LogP contribution >= 0.6 is 0 Å². The summed E-state index contributed by atoms with van der Waals surface area (Å²) in [5.41, 5.74) is 0.668. The maximum atomic E-state index is 10.6. The van der Waals surface area contributed by atoms with E-state index in [4.69, 9.17) is 0 Å². The van der Waals surface area contributed by atoms with E-state index in [1.54, 1.807) is 14.0 Å². The first kappa shape index (κ1) is 10.6. The summed E-state index contributed by atoms with van der Waals surface area (Å²) in [4.78, 5) is 18.3. The molecule has 0 heterocycles. The number of nitrogens with one attached hydrogen (secondary N) is 1. The Labute approximate surface area is 72.1 Å². The second-order valence-corrected chi connectivity index (χ2v) is 2.28. The van der Waals surface area contributed by atoms with Crippen LogP contribution in [0.1, 0.15) is 13.8 Å². The smallest absolute Gasteiger partial charge is 0.222 e. The molecule has 4 heteroatoms. The first-order valence-corrected chi connectivity index (χ1v) is 3.50. The average Bonchev–Trinajstić information content (AvgIpc) is 1.97. The lowest BCUT2D eigenvalue weighted by atomic mass is 10.5. The number of allylic oxidation sites excluding steroid dienone is 1. The minimum absolute atomic E-state index is 0.163. The Morgan fingerprint density at radius 3 is 2.42 bits per heavy atom. The van der Waals surface area contributed by atoms with Gasteiger partial charge in [0, 0.05) is 19.7 Å². The maximum absolute atomic E-state index is 10.6. The predicted octanol–water partition coefficient (Wildman–Crippen LogP) is 0.755. The lowest BCUT2D eigenvalue weighted by molar-refractivity contribution is -0.117. The minimum Gasteiger partial charge on any atom is -0.310 e. The summed E-state index contributed by atoms with van der Waals surface area (Å²) in [6.45, 7) is 6.75. The standard InChI is InChI=1S/C8H13N3O/c1-6(2)10-5-8(9-4)11-7(3)12/h5H,1H2,2-4H3,(H,9,11,12). The van der Waals surface area contributed by atoms with Crippen molar-refractivity contribution in [2.45, 2.75) is 13.8 Å². The van der Waals surface area contributed by atoms with Crippen LogP contribution in [0.2, 0.25) is 0 Å². The molecule has 0 aromatic rings. The molecular formula is C8H13N3O. The van der Waals surface area contributed by atoms with Gasteiger partial charge in [-0.15, -0.1) is 0 Å². The fourth-order valence-electron chi connectivity index (χ4n) is 0.498. The summed E-state index contributed by atoms with van der Waals surface area (Å²) in [7, 11) is 1.58. The summed E-state index contributed by atoms with van der Waals surface area (Å²) in [5, 5.41) is 2.51. The molecule has 0 bridgehead atoms. The fourth-order valence-corrected chi connectivity index (χ4v) is 0.498. The lowest BCUT2D eigenvalue weighted by Crippen LogP contribution is -2.29. The molecule has 0 fully saturated rings. The molecular weight excluding hydrogens is 154 g/mol. The van der Waals surface area contributed by atoms with Crippen molar-refractivity contribution in [3.63, 3.8) is 0 Å². The zero-order chi connectivity index (χ0) is 9.56. The Hall–Kier alpha value is -1.45. The van der Waals surface area contributed by atoms with Gasteiger partial charge in [0.05, 0.1) is 6.21 Å². The van der Waals surface area contributed by atoms with Crippen LogP contribution in [0, 0.1) is 0 Å². The van der Waals surface area contributed by atoms with Crippen LogP contribution in [-0.2, 0) is 4.79 Å². The van der Waals surface area contributed by atoms with E-state index in [1.807, 2.05) is 0 Å². The van der Waals surface area contributed by atoms with Crippen molar-refractivity contribution in [1.82, 2.24) is 5.32 Å². The first-order chi connectivity index (χ1) is 5.56. The molecule has 12 heavy (non-hydrogen) atoms. The van der Waals surface area contributed by atoms with Crippen LogP contribution in [0.25, 0.3) is 0 Å². The maximum Gasteiger partial charge on any atom is 0.222 e. The van der Waals surface area contributed by atoms with Crippen molar-refractivity contribution in [2.24, 2.45) is 9.98 Å². The van der Waals surface area contributed by atoms with Gasteiger partial charge < -0.3 is 5.32 Å². The van der Waals surface area contributed by atoms with Gasteiger partial charge >= 0.3 is 0 Å². The average molecular weight is 167 g/mol. The Bertz CT molecular complexity index is 241. The fraction of sp³-hybridized carbons (Fsp3) is 0.375. The number of carbonyl (C=O) groups is 1. The summed E-state index contributed by atoms with van der Waals surface area (Å²) in [5.74, 6) is 0.272. The molecule has 0 aliphatic rings. The van der Waals surface area contributed by atoms with E-state index in [9.17, 15) is 4.79 Å². The summed E-state index contributed by atoms with van der Waals surface area (Å²) < 4.78 is 0. The van der Waals surface area contributed by atoms with Crippen LogP contribution in [0.15, 0.2) is 22.3 Å². The zero-order valence-electron chi connectivity index (χ0n) is 7.59. The highest BCUT2D eigenvalue weighted by molar-refractivity contribution is 6.32. The molecule has 66 valence electrons. The number of nitrogens with zero attached hydrogens (tertiary/aromatic N) is 2. The second kappa shape index (κ2) is 5.23. The highest BCUT2D eigenvalue weighted by atomic mass is 16.1. The molecule has 0 saturated heterocycles. The lowest BCUT2D eigenvalue weighted by Gasteiger charge is -1.98. The van der Waals surface area contributed by atoms with Gasteiger partial charge in [0.2, 0.25) is 5.91 Å². The van der Waals surface area contributed by atoms with Crippen LogP contribution in [0.5, 0.6) is 0 Å². The van der Waals surface area contributed by atoms with Crippen molar-refractivity contribution in [2.75, 3.05) is 7.05 Å². The number of aliphatic imine (C=N–C) groups is 2. The molecule has 0 rings (SSSR count). The Balaban J connectivity index is 4.20. The van der Waals surface area contributed by atoms with E-state index in [1.165, 1.54) is 13.1 Å². The first-order valence-electron chi connectivity index (χ1n) is 3.50. The van der Waals surface area contributed by atoms with E-state index in [0.717, 1.165) is 0 Å². The van der Waals surface area contributed by atoms with E-state index in [0.29, 0.717) is 11.5 Å². The SMILES string of the molecule is C=C(C)N=CC(=NC)NC(C)=O. The molecule has 0 unspecified atom stereocenters. The number of hydrogen-bond acceptors (Lipinski definition) is 3. The molecule has 1 N–H and O–H groups in total. The molecule has 0 aliphatic heterocycles. The van der Waals surface area contributed by atoms with Crippen LogP contribution in [0.4, 0.5) is 0 Å². The molecule has 0 atom stereocenters. The van der Waals surface area contributed by atoms with Crippen molar-refractivity contribution in [3.8, 4) is 0 Å². The van der Waals surface area contributed by atoms with Gasteiger partial charge in [-0.2, -0.15) is 0 Å². The Kier molecular flexibility index (Phi) is 4.60.